The lowest BCUT2D eigenvalue weighted by Crippen LogP contribution is -2.51. The molecule has 0 aromatic heterocycles. The van der Waals surface area contributed by atoms with Gasteiger partial charge in [-0.25, -0.2) is 4.79 Å². The van der Waals surface area contributed by atoms with Crippen molar-refractivity contribution in [1.29, 1.82) is 0 Å². The van der Waals surface area contributed by atoms with Crippen molar-refractivity contribution in [3.63, 3.8) is 0 Å². The predicted octanol–water partition coefficient (Wildman–Crippen LogP) is 1.95. The number of nitrogens with zero attached hydrogens (tertiary/aromatic N) is 1. The van der Waals surface area contributed by atoms with Crippen LogP contribution in [0.3, 0.4) is 0 Å². The van der Waals surface area contributed by atoms with Crippen molar-refractivity contribution in [2.75, 3.05) is 19.7 Å². The summed E-state index contributed by atoms with van der Waals surface area (Å²) in [5.41, 5.74) is 4.90. The summed E-state index contributed by atoms with van der Waals surface area (Å²) in [4.78, 5) is 38.7. The molecule has 0 unspecified atom stereocenters. The normalized spacial score (nSPS) is 18.1. The van der Waals surface area contributed by atoms with Gasteiger partial charge in [0.25, 0.3) is 0 Å². The second-order valence-corrected chi connectivity index (χ2v) is 7.82. The molecule has 156 valence electrons. The highest BCUT2D eigenvalue weighted by Gasteiger charge is 2.35. The van der Waals surface area contributed by atoms with Crippen LogP contribution < -0.4 is 11.1 Å². The monoisotopic (exact) mass is 385 g/mol. The van der Waals surface area contributed by atoms with Gasteiger partial charge >= 0.3 is 12.1 Å². The first kappa shape index (κ1) is 23.2. The van der Waals surface area contributed by atoms with E-state index in [1.165, 1.54) is 0 Å². The van der Waals surface area contributed by atoms with E-state index in [1.807, 2.05) is 0 Å². The van der Waals surface area contributed by atoms with Crippen molar-refractivity contribution in [3.8, 4) is 0 Å². The molecule has 8 heteroatoms. The van der Waals surface area contributed by atoms with E-state index in [9.17, 15) is 14.4 Å². The van der Waals surface area contributed by atoms with Crippen molar-refractivity contribution in [2.45, 2.75) is 83.9 Å². The molecule has 1 saturated heterocycles. The maximum atomic E-state index is 13.1. The number of nitrogens with two attached hydrogens (primary N) is 1. The van der Waals surface area contributed by atoms with Crippen LogP contribution in [0.15, 0.2) is 0 Å². The minimum absolute atomic E-state index is 0.176. The van der Waals surface area contributed by atoms with Gasteiger partial charge in [0.15, 0.2) is 0 Å². The number of carbonyl (C=O) groups is 3. The Kier molecular flexibility index (Phi) is 9.55. The zero-order chi connectivity index (χ0) is 20.4. The SMILES string of the molecule is CCOC(=O)C[C@@H]1CCCN1C(=O)[C@H](CCCCN)NC(=O)OC(C)(C)C. The standard InChI is InChI=1S/C19H35N3O5/c1-5-26-16(23)13-14-9-8-12-22(14)17(24)15(10-6-7-11-20)21-18(25)27-19(2,3)4/h14-15H,5-13,20H2,1-4H3,(H,21,25)/t14-,15-/m0/s1. The molecule has 1 aliphatic rings. The molecule has 3 N–H and O–H groups in total. The van der Waals surface area contributed by atoms with Crippen molar-refractivity contribution >= 4 is 18.0 Å². The summed E-state index contributed by atoms with van der Waals surface area (Å²) >= 11 is 0. The molecule has 0 bridgehead atoms. The second-order valence-electron chi connectivity index (χ2n) is 7.82. The van der Waals surface area contributed by atoms with Crippen molar-refractivity contribution in [1.82, 2.24) is 10.2 Å². The third kappa shape index (κ3) is 8.60. The molecular weight excluding hydrogens is 350 g/mol. The van der Waals surface area contributed by atoms with Crippen LogP contribution in [0.2, 0.25) is 0 Å². The van der Waals surface area contributed by atoms with Crippen molar-refractivity contribution in [2.24, 2.45) is 5.73 Å². The fraction of sp³-hybridized carbons (Fsp3) is 0.842. The van der Waals surface area contributed by atoms with Gasteiger partial charge in [0, 0.05) is 12.6 Å². The molecule has 0 aromatic rings. The molecule has 0 saturated carbocycles. The van der Waals surface area contributed by atoms with Crippen LogP contribution >= 0.6 is 0 Å². The van der Waals surface area contributed by atoms with Crippen LogP contribution in [-0.2, 0) is 19.1 Å². The minimum atomic E-state index is -0.686. The number of carbonyl (C=O) groups excluding carboxylic acids is 3. The second kappa shape index (κ2) is 11.1. The Balaban J connectivity index is 2.78. The van der Waals surface area contributed by atoms with E-state index in [0.717, 1.165) is 25.7 Å². The number of hydrogen-bond donors (Lipinski definition) is 2. The molecule has 2 amide bonds. The summed E-state index contributed by atoms with van der Waals surface area (Å²) in [5.74, 6) is -0.480. The molecule has 0 radical (unpaired) electrons. The molecule has 1 fully saturated rings. The van der Waals surface area contributed by atoms with E-state index >= 15 is 0 Å². The van der Waals surface area contributed by atoms with Crippen molar-refractivity contribution in [3.05, 3.63) is 0 Å². The number of amides is 2. The molecule has 0 aliphatic carbocycles. The molecule has 8 nitrogen and oxygen atoms in total. The Morgan fingerprint density at radius 2 is 1.96 bits per heavy atom. The number of alkyl carbamates (subject to hydrolysis) is 1. The van der Waals surface area contributed by atoms with Gasteiger partial charge < -0.3 is 25.4 Å². The number of unbranched alkanes of at least 4 members (excludes halogenated alkanes) is 1. The summed E-state index contributed by atoms with van der Waals surface area (Å²) in [7, 11) is 0. The lowest BCUT2D eigenvalue weighted by molar-refractivity contribution is -0.145. The lowest BCUT2D eigenvalue weighted by atomic mass is 10.1. The highest BCUT2D eigenvalue weighted by Crippen LogP contribution is 2.22. The maximum Gasteiger partial charge on any atom is 0.408 e. The highest BCUT2D eigenvalue weighted by atomic mass is 16.6. The van der Waals surface area contributed by atoms with Gasteiger partial charge in [-0.3, -0.25) is 9.59 Å². The Morgan fingerprint density at radius 1 is 1.26 bits per heavy atom. The van der Waals surface area contributed by atoms with Gasteiger partial charge in [0.1, 0.15) is 11.6 Å². The van der Waals surface area contributed by atoms with Gasteiger partial charge in [0.05, 0.1) is 13.0 Å². The summed E-state index contributed by atoms with van der Waals surface area (Å²) < 4.78 is 10.3. The first-order valence-electron chi connectivity index (χ1n) is 9.83. The minimum Gasteiger partial charge on any atom is -0.466 e. The Bertz CT molecular complexity index is 504. The van der Waals surface area contributed by atoms with Gasteiger partial charge in [-0.2, -0.15) is 0 Å². The number of rotatable bonds is 9. The summed E-state index contributed by atoms with van der Waals surface area (Å²) in [5, 5.41) is 2.70. The third-order valence-corrected chi connectivity index (χ3v) is 4.30. The van der Waals surface area contributed by atoms with E-state index < -0.39 is 17.7 Å². The molecule has 1 heterocycles. The number of likely N-dealkylation sites (tertiary alicyclic amines) is 1. The first-order chi connectivity index (χ1) is 12.7. The lowest BCUT2D eigenvalue weighted by Gasteiger charge is -2.29. The maximum absolute atomic E-state index is 13.1. The van der Waals surface area contributed by atoms with Gasteiger partial charge in [-0.15, -0.1) is 0 Å². The summed E-state index contributed by atoms with van der Waals surface area (Å²) in [6, 6.07) is -0.872. The zero-order valence-electron chi connectivity index (χ0n) is 17.1. The Labute approximate surface area is 162 Å². The molecule has 1 rings (SSSR count). The van der Waals surface area contributed by atoms with Crippen LogP contribution in [0.4, 0.5) is 4.79 Å². The average Bonchev–Trinajstić information content (AvgIpc) is 3.00. The van der Waals surface area contributed by atoms with Gasteiger partial charge in [-0.05, 0) is 66.3 Å². The summed E-state index contributed by atoms with van der Waals surface area (Å²) in [6.07, 6.45) is 3.13. The van der Waals surface area contributed by atoms with Crippen LogP contribution in [0.1, 0.15) is 66.2 Å². The molecular formula is C19H35N3O5. The predicted molar refractivity (Wildman–Crippen MR) is 102 cm³/mol. The summed E-state index contributed by atoms with van der Waals surface area (Å²) in [6.45, 7) is 8.50. The van der Waals surface area contributed by atoms with Crippen LogP contribution in [0.5, 0.6) is 0 Å². The average molecular weight is 386 g/mol. The number of hydrogen-bond acceptors (Lipinski definition) is 6. The van der Waals surface area contributed by atoms with Gasteiger partial charge in [-0.1, -0.05) is 0 Å². The van der Waals surface area contributed by atoms with Gasteiger partial charge in [0.2, 0.25) is 5.91 Å². The Hall–Kier alpha value is -1.83. The van der Waals surface area contributed by atoms with Crippen LogP contribution in [-0.4, -0.2) is 60.3 Å². The highest BCUT2D eigenvalue weighted by molar-refractivity contribution is 5.86. The topological polar surface area (TPSA) is 111 Å². The van der Waals surface area contributed by atoms with E-state index in [1.54, 1.807) is 32.6 Å². The fourth-order valence-electron chi connectivity index (χ4n) is 3.15. The first-order valence-corrected chi connectivity index (χ1v) is 9.83. The third-order valence-electron chi connectivity index (χ3n) is 4.30. The molecule has 27 heavy (non-hydrogen) atoms. The Morgan fingerprint density at radius 3 is 2.56 bits per heavy atom. The fourth-order valence-corrected chi connectivity index (χ4v) is 3.15. The molecule has 0 aromatic carbocycles. The van der Waals surface area contributed by atoms with E-state index in [0.29, 0.717) is 26.1 Å². The zero-order valence-corrected chi connectivity index (χ0v) is 17.1. The largest absolute Gasteiger partial charge is 0.466 e. The van der Waals surface area contributed by atoms with E-state index in [-0.39, 0.29) is 24.3 Å². The van der Waals surface area contributed by atoms with Crippen LogP contribution in [0.25, 0.3) is 0 Å². The van der Waals surface area contributed by atoms with E-state index in [4.69, 9.17) is 15.2 Å². The molecule has 2 atom stereocenters. The molecule has 0 spiro atoms. The van der Waals surface area contributed by atoms with Crippen molar-refractivity contribution < 1.29 is 23.9 Å². The number of ether oxygens (including phenoxy) is 2. The van der Waals surface area contributed by atoms with Crippen LogP contribution in [0, 0.1) is 0 Å². The molecule has 1 aliphatic heterocycles. The van der Waals surface area contributed by atoms with E-state index in [2.05, 4.69) is 5.32 Å². The number of nitrogens with one attached hydrogen (secondary N) is 1. The number of esters is 1. The quantitative estimate of drug-likeness (QED) is 0.464. The smallest absolute Gasteiger partial charge is 0.408 e.